The summed E-state index contributed by atoms with van der Waals surface area (Å²) < 4.78 is 5.73. The quantitative estimate of drug-likeness (QED) is 0.656. The van der Waals surface area contributed by atoms with Gasteiger partial charge in [0.1, 0.15) is 5.76 Å². The number of para-hydroxylation sites is 1. The molecule has 3 rings (SSSR count). The van der Waals surface area contributed by atoms with E-state index in [2.05, 4.69) is 0 Å². The van der Waals surface area contributed by atoms with E-state index in [4.69, 9.17) is 16.0 Å². The molecule has 0 fully saturated rings. The topological polar surface area (TPSA) is 30.2 Å². The molecule has 0 unspecified atom stereocenters. The maximum absolute atomic E-state index is 12.0. The molecular weight excluding hydrogens is 248 g/mol. The number of hydrogen-bond acceptors (Lipinski definition) is 2. The minimum absolute atomic E-state index is 0.0856. The first kappa shape index (κ1) is 11.1. The van der Waals surface area contributed by atoms with Crippen molar-refractivity contribution in [2.24, 2.45) is 0 Å². The predicted molar refractivity (Wildman–Crippen MR) is 72.9 cm³/mol. The summed E-state index contributed by atoms with van der Waals surface area (Å²) in [7, 11) is 0. The van der Waals surface area contributed by atoms with Gasteiger partial charge in [-0.1, -0.05) is 48.0 Å². The summed E-state index contributed by atoms with van der Waals surface area (Å²) in [5.74, 6) is 0.529. The van der Waals surface area contributed by atoms with Crippen LogP contribution in [0.15, 0.2) is 63.8 Å². The van der Waals surface area contributed by atoms with Gasteiger partial charge < -0.3 is 4.42 Å². The molecule has 0 aliphatic rings. The average Bonchev–Trinajstić information content (AvgIpc) is 2.41. The summed E-state index contributed by atoms with van der Waals surface area (Å²) in [6.07, 6.45) is 0. The zero-order chi connectivity index (χ0) is 12.5. The third-order valence-corrected chi connectivity index (χ3v) is 3.06. The average molecular weight is 257 g/mol. The first-order chi connectivity index (χ1) is 8.75. The zero-order valence-corrected chi connectivity index (χ0v) is 10.1. The first-order valence-electron chi connectivity index (χ1n) is 5.53. The fourth-order valence-electron chi connectivity index (χ4n) is 1.89. The zero-order valence-electron chi connectivity index (χ0n) is 9.39. The minimum atomic E-state index is -0.0856. The molecule has 0 aliphatic heterocycles. The number of hydrogen-bond donors (Lipinski definition) is 0. The monoisotopic (exact) mass is 256 g/mol. The normalized spacial score (nSPS) is 10.7. The van der Waals surface area contributed by atoms with Gasteiger partial charge in [-0.15, -0.1) is 0 Å². The Morgan fingerprint density at radius 1 is 0.944 bits per heavy atom. The van der Waals surface area contributed by atoms with Crippen molar-refractivity contribution in [2.75, 3.05) is 0 Å². The Labute approximate surface area is 108 Å². The highest BCUT2D eigenvalue weighted by molar-refractivity contribution is 6.34. The van der Waals surface area contributed by atoms with Crippen LogP contribution in [-0.2, 0) is 0 Å². The second-order valence-corrected chi connectivity index (χ2v) is 4.36. The Kier molecular flexibility index (Phi) is 2.65. The van der Waals surface area contributed by atoms with Gasteiger partial charge in [0, 0.05) is 11.6 Å². The molecule has 0 bridgehead atoms. The van der Waals surface area contributed by atoms with Crippen molar-refractivity contribution in [1.82, 2.24) is 0 Å². The van der Waals surface area contributed by atoms with Crippen LogP contribution in [0.4, 0.5) is 0 Å². The maximum atomic E-state index is 12.0. The summed E-state index contributed by atoms with van der Waals surface area (Å²) in [5.41, 5.74) is 1.21. The molecule has 1 aromatic heterocycles. The summed E-state index contributed by atoms with van der Waals surface area (Å²) >= 11 is 6.06. The van der Waals surface area contributed by atoms with Crippen LogP contribution in [0.5, 0.6) is 0 Å². The SMILES string of the molecule is O=c1cc(-c2ccccc2)oc2c(Cl)cccc12. The number of halogens is 1. The van der Waals surface area contributed by atoms with Gasteiger partial charge >= 0.3 is 0 Å². The Morgan fingerprint density at radius 2 is 1.72 bits per heavy atom. The van der Waals surface area contributed by atoms with E-state index in [1.807, 2.05) is 30.3 Å². The van der Waals surface area contributed by atoms with Gasteiger partial charge in [-0.05, 0) is 12.1 Å². The summed E-state index contributed by atoms with van der Waals surface area (Å²) in [6, 6.07) is 16.1. The number of rotatable bonds is 1. The number of benzene rings is 2. The van der Waals surface area contributed by atoms with Gasteiger partial charge in [-0.3, -0.25) is 4.79 Å². The Morgan fingerprint density at radius 3 is 2.50 bits per heavy atom. The molecule has 3 aromatic rings. The minimum Gasteiger partial charge on any atom is -0.454 e. The van der Waals surface area contributed by atoms with Crippen molar-refractivity contribution >= 4 is 22.6 Å². The van der Waals surface area contributed by atoms with Gasteiger partial charge in [-0.2, -0.15) is 0 Å². The smallest absolute Gasteiger partial charge is 0.193 e. The van der Waals surface area contributed by atoms with Crippen LogP contribution in [0.2, 0.25) is 5.02 Å². The fourth-order valence-corrected chi connectivity index (χ4v) is 2.10. The second kappa shape index (κ2) is 4.31. The lowest BCUT2D eigenvalue weighted by molar-refractivity contribution is 0.619. The van der Waals surface area contributed by atoms with Crippen LogP contribution in [0.1, 0.15) is 0 Å². The number of fused-ring (bicyclic) bond motifs is 1. The lowest BCUT2D eigenvalue weighted by atomic mass is 10.1. The van der Waals surface area contributed by atoms with Gasteiger partial charge in [0.2, 0.25) is 0 Å². The molecule has 18 heavy (non-hydrogen) atoms. The molecule has 2 aromatic carbocycles. The van der Waals surface area contributed by atoms with Crippen molar-refractivity contribution in [1.29, 1.82) is 0 Å². The van der Waals surface area contributed by atoms with Crippen LogP contribution in [-0.4, -0.2) is 0 Å². The Bertz CT molecular complexity index is 760. The third-order valence-electron chi connectivity index (χ3n) is 2.76. The molecule has 0 saturated heterocycles. The maximum Gasteiger partial charge on any atom is 0.193 e. The van der Waals surface area contributed by atoms with Gasteiger partial charge in [0.05, 0.1) is 10.4 Å². The largest absolute Gasteiger partial charge is 0.454 e. The summed E-state index contributed by atoms with van der Waals surface area (Å²) in [5, 5.41) is 0.949. The van der Waals surface area contributed by atoms with Crippen LogP contribution in [0.3, 0.4) is 0 Å². The summed E-state index contributed by atoms with van der Waals surface area (Å²) in [6.45, 7) is 0. The molecule has 0 saturated carbocycles. The van der Waals surface area contributed by atoms with E-state index >= 15 is 0 Å². The van der Waals surface area contributed by atoms with E-state index in [1.54, 1.807) is 18.2 Å². The van der Waals surface area contributed by atoms with Crippen LogP contribution in [0.25, 0.3) is 22.3 Å². The summed E-state index contributed by atoms with van der Waals surface area (Å²) in [4.78, 5) is 12.0. The second-order valence-electron chi connectivity index (χ2n) is 3.96. The third kappa shape index (κ3) is 1.81. The van der Waals surface area contributed by atoms with E-state index in [0.29, 0.717) is 21.8 Å². The van der Waals surface area contributed by atoms with Gasteiger partial charge in [0.25, 0.3) is 0 Å². The Balaban J connectivity index is 2.34. The molecular formula is C15H9ClO2. The first-order valence-corrected chi connectivity index (χ1v) is 5.91. The van der Waals surface area contributed by atoms with Crippen molar-refractivity contribution in [3.8, 4) is 11.3 Å². The Hall–Kier alpha value is -2.06. The van der Waals surface area contributed by atoms with Gasteiger partial charge in [-0.25, -0.2) is 0 Å². The molecule has 0 N–H and O–H groups in total. The molecule has 0 atom stereocenters. The molecule has 0 amide bonds. The molecule has 88 valence electrons. The van der Waals surface area contributed by atoms with Crippen LogP contribution >= 0.6 is 11.6 Å². The fraction of sp³-hybridized carbons (Fsp3) is 0. The van der Waals surface area contributed by atoms with Crippen LogP contribution in [0, 0.1) is 0 Å². The van der Waals surface area contributed by atoms with E-state index in [-0.39, 0.29) is 5.43 Å². The molecule has 1 heterocycles. The molecule has 0 radical (unpaired) electrons. The standard InChI is InChI=1S/C15H9ClO2/c16-12-8-4-7-11-13(17)9-14(18-15(11)12)10-5-2-1-3-6-10/h1-9H. The highest BCUT2D eigenvalue weighted by Crippen LogP contribution is 2.26. The van der Waals surface area contributed by atoms with Crippen molar-refractivity contribution < 1.29 is 4.42 Å². The highest BCUT2D eigenvalue weighted by Gasteiger charge is 2.08. The van der Waals surface area contributed by atoms with E-state index in [0.717, 1.165) is 5.56 Å². The van der Waals surface area contributed by atoms with Gasteiger partial charge in [0.15, 0.2) is 11.0 Å². The molecule has 2 nitrogen and oxygen atoms in total. The van der Waals surface area contributed by atoms with E-state index < -0.39 is 0 Å². The van der Waals surface area contributed by atoms with Crippen LogP contribution < -0.4 is 5.43 Å². The van der Waals surface area contributed by atoms with Crippen molar-refractivity contribution in [3.05, 3.63) is 69.8 Å². The van der Waals surface area contributed by atoms with Crippen molar-refractivity contribution in [2.45, 2.75) is 0 Å². The van der Waals surface area contributed by atoms with E-state index in [9.17, 15) is 4.79 Å². The lowest BCUT2D eigenvalue weighted by Gasteiger charge is -2.03. The molecule has 0 spiro atoms. The van der Waals surface area contributed by atoms with Crippen molar-refractivity contribution in [3.63, 3.8) is 0 Å². The van der Waals surface area contributed by atoms with E-state index in [1.165, 1.54) is 6.07 Å². The molecule has 0 aliphatic carbocycles. The molecule has 3 heteroatoms. The highest BCUT2D eigenvalue weighted by atomic mass is 35.5. The predicted octanol–water partition coefficient (Wildman–Crippen LogP) is 4.11. The lowest BCUT2D eigenvalue weighted by Crippen LogP contribution is -2.00.